The second-order valence-electron chi connectivity index (χ2n) is 6.03. The summed E-state index contributed by atoms with van der Waals surface area (Å²) in [6.45, 7) is 8.93. The van der Waals surface area contributed by atoms with Crippen LogP contribution in [0.4, 0.5) is 0 Å². The summed E-state index contributed by atoms with van der Waals surface area (Å²) >= 11 is 0. The van der Waals surface area contributed by atoms with Crippen LogP contribution < -0.4 is 5.32 Å². The molecule has 17 heavy (non-hydrogen) atoms. The lowest BCUT2D eigenvalue weighted by Crippen LogP contribution is -2.52. The average Bonchev–Trinajstić information content (AvgIpc) is 2.60. The van der Waals surface area contributed by atoms with Crippen LogP contribution in [0, 0.1) is 11.8 Å². The van der Waals surface area contributed by atoms with Crippen LogP contribution in [0.3, 0.4) is 0 Å². The van der Waals surface area contributed by atoms with Crippen LogP contribution in [0.5, 0.6) is 0 Å². The summed E-state index contributed by atoms with van der Waals surface area (Å²) in [5.41, 5.74) is -0.782. The van der Waals surface area contributed by atoms with Gasteiger partial charge in [0.1, 0.15) is 5.54 Å². The van der Waals surface area contributed by atoms with Gasteiger partial charge < -0.3 is 15.3 Å². The number of aliphatic carboxylic acids is 1. The van der Waals surface area contributed by atoms with E-state index in [1.165, 1.54) is 6.42 Å². The lowest BCUT2D eigenvalue weighted by Gasteiger charge is -2.29. The topological polar surface area (TPSA) is 52.6 Å². The van der Waals surface area contributed by atoms with Crippen molar-refractivity contribution in [1.29, 1.82) is 0 Å². The van der Waals surface area contributed by atoms with Gasteiger partial charge in [0.15, 0.2) is 0 Å². The highest BCUT2D eigenvalue weighted by Gasteiger charge is 2.34. The number of hydrogen-bond acceptors (Lipinski definition) is 3. The van der Waals surface area contributed by atoms with E-state index >= 15 is 0 Å². The zero-order valence-electron chi connectivity index (χ0n) is 11.5. The number of nitrogens with zero attached hydrogens (tertiary/aromatic N) is 1. The van der Waals surface area contributed by atoms with E-state index in [-0.39, 0.29) is 0 Å². The first-order valence-corrected chi connectivity index (χ1v) is 6.50. The highest BCUT2D eigenvalue weighted by atomic mass is 16.4. The Kier molecular flexibility index (Phi) is 4.95. The molecule has 0 aromatic carbocycles. The molecule has 1 aliphatic heterocycles. The highest BCUT2D eigenvalue weighted by molar-refractivity contribution is 5.78. The summed E-state index contributed by atoms with van der Waals surface area (Å²) in [4.78, 5) is 13.7. The van der Waals surface area contributed by atoms with Gasteiger partial charge in [0.05, 0.1) is 0 Å². The lowest BCUT2D eigenvalue weighted by atomic mass is 9.90. The van der Waals surface area contributed by atoms with Crippen molar-refractivity contribution in [2.24, 2.45) is 11.8 Å². The maximum atomic E-state index is 11.4. The minimum absolute atomic E-state index is 0.384. The standard InChI is InChI=1S/C13H26N2O2/c1-10(2)7-13(3,12(16)17)14-8-11-5-6-15(4)9-11/h10-11,14H,5-9H2,1-4H3,(H,16,17). The predicted molar refractivity (Wildman–Crippen MR) is 69.1 cm³/mol. The Morgan fingerprint density at radius 2 is 2.24 bits per heavy atom. The number of likely N-dealkylation sites (tertiary alicyclic amines) is 1. The van der Waals surface area contributed by atoms with Crippen LogP contribution in [-0.4, -0.2) is 48.2 Å². The van der Waals surface area contributed by atoms with Crippen LogP contribution in [0.1, 0.15) is 33.6 Å². The lowest BCUT2D eigenvalue weighted by molar-refractivity contribution is -0.145. The fraction of sp³-hybridized carbons (Fsp3) is 0.923. The van der Waals surface area contributed by atoms with E-state index in [0.717, 1.165) is 19.6 Å². The fourth-order valence-electron chi connectivity index (χ4n) is 2.61. The molecule has 100 valence electrons. The number of nitrogens with one attached hydrogen (secondary N) is 1. The van der Waals surface area contributed by atoms with E-state index in [1.54, 1.807) is 6.92 Å². The molecular weight excluding hydrogens is 216 g/mol. The van der Waals surface area contributed by atoms with Gasteiger partial charge in [-0.25, -0.2) is 0 Å². The molecule has 0 saturated carbocycles. The van der Waals surface area contributed by atoms with Crippen molar-refractivity contribution in [1.82, 2.24) is 10.2 Å². The first-order chi connectivity index (χ1) is 7.83. The van der Waals surface area contributed by atoms with Crippen LogP contribution in [-0.2, 0) is 4.79 Å². The Morgan fingerprint density at radius 1 is 1.59 bits per heavy atom. The van der Waals surface area contributed by atoms with E-state index in [4.69, 9.17) is 0 Å². The monoisotopic (exact) mass is 242 g/mol. The summed E-state index contributed by atoms with van der Waals surface area (Å²) in [6.07, 6.45) is 1.84. The van der Waals surface area contributed by atoms with Crippen molar-refractivity contribution < 1.29 is 9.90 Å². The molecule has 4 heteroatoms. The first kappa shape index (κ1) is 14.5. The summed E-state index contributed by atoms with van der Waals surface area (Å²) in [5, 5.41) is 12.6. The predicted octanol–water partition coefficient (Wildman–Crippen LogP) is 1.42. The van der Waals surface area contributed by atoms with Crippen molar-refractivity contribution in [2.45, 2.75) is 39.2 Å². The normalized spacial score (nSPS) is 25.1. The molecule has 2 unspecified atom stereocenters. The smallest absolute Gasteiger partial charge is 0.323 e. The molecule has 1 heterocycles. The Morgan fingerprint density at radius 3 is 2.65 bits per heavy atom. The Balaban J connectivity index is 2.47. The highest BCUT2D eigenvalue weighted by Crippen LogP contribution is 2.19. The van der Waals surface area contributed by atoms with Gasteiger partial charge in [-0.1, -0.05) is 13.8 Å². The number of carboxylic acids is 1. The van der Waals surface area contributed by atoms with Gasteiger partial charge in [0.2, 0.25) is 0 Å². The van der Waals surface area contributed by atoms with E-state index in [0.29, 0.717) is 18.3 Å². The van der Waals surface area contributed by atoms with Crippen LogP contribution in [0.2, 0.25) is 0 Å². The molecule has 2 N–H and O–H groups in total. The Bertz CT molecular complexity index is 268. The molecule has 1 rings (SSSR count). The van der Waals surface area contributed by atoms with Gasteiger partial charge in [0, 0.05) is 13.1 Å². The molecule has 0 aromatic heterocycles. The van der Waals surface area contributed by atoms with Crippen LogP contribution in [0.25, 0.3) is 0 Å². The van der Waals surface area contributed by atoms with Gasteiger partial charge >= 0.3 is 5.97 Å². The maximum Gasteiger partial charge on any atom is 0.323 e. The third-order valence-corrected chi connectivity index (χ3v) is 3.56. The van der Waals surface area contributed by atoms with Crippen molar-refractivity contribution in [3.8, 4) is 0 Å². The first-order valence-electron chi connectivity index (χ1n) is 6.50. The summed E-state index contributed by atoms with van der Waals surface area (Å²) in [5.74, 6) is 0.234. The van der Waals surface area contributed by atoms with Gasteiger partial charge in [-0.3, -0.25) is 4.79 Å². The SMILES string of the molecule is CC(C)CC(C)(NCC1CCN(C)C1)C(=O)O. The van der Waals surface area contributed by atoms with E-state index in [1.807, 2.05) is 0 Å². The molecule has 0 aromatic rings. The van der Waals surface area contributed by atoms with Gasteiger partial charge in [0.25, 0.3) is 0 Å². The average molecular weight is 242 g/mol. The van der Waals surface area contributed by atoms with Crippen molar-refractivity contribution in [3.05, 3.63) is 0 Å². The molecule has 4 nitrogen and oxygen atoms in total. The molecular formula is C13H26N2O2. The quantitative estimate of drug-likeness (QED) is 0.739. The zero-order valence-corrected chi connectivity index (χ0v) is 11.5. The summed E-state index contributed by atoms with van der Waals surface area (Å²) < 4.78 is 0. The van der Waals surface area contributed by atoms with Gasteiger partial charge in [-0.15, -0.1) is 0 Å². The van der Waals surface area contributed by atoms with Crippen molar-refractivity contribution in [2.75, 3.05) is 26.7 Å². The number of hydrogen-bond donors (Lipinski definition) is 2. The molecule has 1 aliphatic rings. The molecule has 0 amide bonds. The molecule has 1 saturated heterocycles. The number of rotatable bonds is 6. The number of carbonyl (C=O) groups is 1. The second kappa shape index (κ2) is 5.83. The largest absolute Gasteiger partial charge is 0.480 e. The minimum atomic E-state index is -0.782. The van der Waals surface area contributed by atoms with Crippen molar-refractivity contribution in [3.63, 3.8) is 0 Å². The third kappa shape index (κ3) is 4.28. The fourth-order valence-corrected chi connectivity index (χ4v) is 2.61. The molecule has 2 atom stereocenters. The molecule has 0 radical (unpaired) electrons. The molecule has 0 spiro atoms. The van der Waals surface area contributed by atoms with E-state index < -0.39 is 11.5 Å². The maximum absolute atomic E-state index is 11.4. The minimum Gasteiger partial charge on any atom is -0.480 e. The van der Waals surface area contributed by atoms with Gasteiger partial charge in [-0.2, -0.15) is 0 Å². The van der Waals surface area contributed by atoms with E-state index in [2.05, 4.69) is 31.1 Å². The molecule has 0 aliphatic carbocycles. The second-order valence-corrected chi connectivity index (χ2v) is 6.03. The van der Waals surface area contributed by atoms with E-state index in [9.17, 15) is 9.90 Å². The van der Waals surface area contributed by atoms with Crippen LogP contribution >= 0.6 is 0 Å². The summed E-state index contributed by atoms with van der Waals surface area (Å²) in [7, 11) is 2.12. The van der Waals surface area contributed by atoms with Gasteiger partial charge in [-0.05, 0) is 45.2 Å². The van der Waals surface area contributed by atoms with Crippen LogP contribution in [0.15, 0.2) is 0 Å². The molecule has 0 bridgehead atoms. The Hall–Kier alpha value is -0.610. The molecule has 1 fully saturated rings. The zero-order chi connectivity index (χ0) is 13.1. The van der Waals surface area contributed by atoms with Crippen molar-refractivity contribution >= 4 is 5.97 Å². The Labute approximate surface area is 104 Å². The number of carboxylic acid groups (broad SMARTS) is 1. The third-order valence-electron chi connectivity index (χ3n) is 3.56. The summed E-state index contributed by atoms with van der Waals surface area (Å²) in [6, 6.07) is 0.